The second-order valence-electron chi connectivity index (χ2n) is 3.99. The van der Waals surface area contributed by atoms with Crippen LogP contribution in [0.1, 0.15) is 12.0 Å². The predicted molar refractivity (Wildman–Crippen MR) is 77.6 cm³/mol. The standard InChI is InChI=1S/C12H9Cl5/c13-10-6-9(8-4-2-1-3-5-8)11(14,15)7-12(10,16)17/h1-6,10H,7H2. The molecule has 1 aliphatic carbocycles. The van der Waals surface area contributed by atoms with Crippen LogP contribution < -0.4 is 0 Å². The highest BCUT2D eigenvalue weighted by atomic mass is 35.5. The minimum absolute atomic E-state index is 0.182. The predicted octanol–water partition coefficient (Wildman–Crippen LogP) is 5.43. The Morgan fingerprint density at radius 3 is 2.18 bits per heavy atom. The monoisotopic (exact) mass is 328 g/mol. The topological polar surface area (TPSA) is 0 Å². The first-order valence-corrected chi connectivity index (χ1v) is 6.95. The maximum Gasteiger partial charge on any atom is 0.146 e. The molecule has 0 saturated carbocycles. The van der Waals surface area contributed by atoms with Crippen molar-refractivity contribution in [3.8, 4) is 0 Å². The Balaban J connectivity index is 2.47. The molecule has 0 spiro atoms. The Bertz CT molecular complexity index is 435. The van der Waals surface area contributed by atoms with Crippen molar-refractivity contribution in [3.05, 3.63) is 42.0 Å². The zero-order valence-electron chi connectivity index (χ0n) is 8.64. The van der Waals surface area contributed by atoms with Crippen LogP contribution in [0.3, 0.4) is 0 Å². The molecule has 2 rings (SSSR count). The van der Waals surface area contributed by atoms with E-state index in [4.69, 9.17) is 58.0 Å². The van der Waals surface area contributed by atoms with Gasteiger partial charge in [0.15, 0.2) is 0 Å². The molecule has 0 amide bonds. The van der Waals surface area contributed by atoms with Gasteiger partial charge < -0.3 is 0 Å². The first-order valence-electron chi connectivity index (χ1n) is 5.00. The quantitative estimate of drug-likeness (QED) is 0.602. The summed E-state index contributed by atoms with van der Waals surface area (Å²) in [6, 6.07) is 9.58. The van der Waals surface area contributed by atoms with E-state index >= 15 is 0 Å². The number of hydrogen-bond donors (Lipinski definition) is 0. The van der Waals surface area contributed by atoms with Crippen molar-refractivity contribution in [2.24, 2.45) is 0 Å². The first-order chi connectivity index (χ1) is 7.83. The number of halogens is 5. The fraction of sp³-hybridized carbons (Fsp3) is 0.333. The summed E-state index contributed by atoms with van der Waals surface area (Å²) in [4.78, 5) is 0. The molecule has 0 bridgehead atoms. The molecule has 0 radical (unpaired) electrons. The average Bonchev–Trinajstić information content (AvgIpc) is 2.23. The van der Waals surface area contributed by atoms with Gasteiger partial charge in [-0.25, -0.2) is 0 Å². The lowest BCUT2D eigenvalue weighted by atomic mass is 9.92. The SMILES string of the molecule is ClC1C=C(c2ccccc2)C(Cl)(Cl)CC1(Cl)Cl. The van der Waals surface area contributed by atoms with E-state index in [-0.39, 0.29) is 6.42 Å². The van der Waals surface area contributed by atoms with E-state index in [9.17, 15) is 0 Å². The maximum atomic E-state index is 6.29. The van der Waals surface area contributed by atoms with E-state index in [2.05, 4.69) is 0 Å². The van der Waals surface area contributed by atoms with E-state index < -0.39 is 14.0 Å². The molecule has 17 heavy (non-hydrogen) atoms. The molecule has 0 saturated heterocycles. The molecule has 5 heteroatoms. The van der Waals surface area contributed by atoms with Gasteiger partial charge in [-0.3, -0.25) is 0 Å². The molecule has 0 fully saturated rings. The molecular weight excluding hydrogens is 321 g/mol. The molecule has 1 aromatic carbocycles. The molecular formula is C12H9Cl5. The van der Waals surface area contributed by atoms with Crippen LogP contribution in [-0.2, 0) is 0 Å². The molecule has 1 atom stereocenters. The van der Waals surface area contributed by atoms with Crippen molar-refractivity contribution >= 4 is 63.6 Å². The highest BCUT2D eigenvalue weighted by Crippen LogP contribution is 2.52. The molecule has 0 nitrogen and oxygen atoms in total. The Labute approximate surface area is 125 Å². The van der Waals surface area contributed by atoms with Crippen LogP contribution in [0.4, 0.5) is 0 Å². The fourth-order valence-electron chi connectivity index (χ4n) is 1.80. The van der Waals surface area contributed by atoms with Crippen molar-refractivity contribution < 1.29 is 0 Å². The lowest BCUT2D eigenvalue weighted by Gasteiger charge is -2.37. The number of alkyl halides is 5. The van der Waals surface area contributed by atoms with Crippen molar-refractivity contribution in [2.45, 2.75) is 20.5 Å². The molecule has 0 heterocycles. The van der Waals surface area contributed by atoms with E-state index in [0.29, 0.717) is 0 Å². The smallest absolute Gasteiger partial charge is 0.115 e. The summed E-state index contributed by atoms with van der Waals surface area (Å²) < 4.78 is -2.28. The molecule has 1 aromatic rings. The summed E-state index contributed by atoms with van der Waals surface area (Å²) in [7, 11) is 0. The normalized spacial score (nSPS) is 26.4. The summed E-state index contributed by atoms with van der Waals surface area (Å²) in [5.74, 6) is 0. The van der Waals surface area contributed by atoms with Gasteiger partial charge in [0.25, 0.3) is 0 Å². The fourth-order valence-corrected chi connectivity index (χ4v) is 3.57. The number of hydrogen-bond acceptors (Lipinski definition) is 0. The summed E-state index contributed by atoms with van der Waals surface area (Å²) in [5, 5.41) is -0.522. The summed E-state index contributed by atoms with van der Waals surface area (Å²) in [6.07, 6.45) is 1.90. The second-order valence-corrected chi connectivity index (χ2v) is 7.49. The van der Waals surface area contributed by atoms with E-state index in [1.807, 2.05) is 30.3 Å². The van der Waals surface area contributed by atoms with Gasteiger partial charge in [-0.05, 0) is 11.1 Å². The van der Waals surface area contributed by atoms with Crippen LogP contribution in [0.25, 0.3) is 5.57 Å². The third kappa shape index (κ3) is 2.88. The molecule has 0 aliphatic heterocycles. The van der Waals surface area contributed by atoms with Crippen LogP contribution in [0.2, 0.25) is 0 Å². The van der Waals surface area contributed by atoms with Gasteiger partial charge in [0, 0.05) is 6.42 Å². The Kier molecular flexibility index (Phi) is 3.93. The molecule has 92 valence electrons. The van der Waals surface area contributed by atoms with Gasteiger partial charge >= 0.3 is 0 Å². The van der Waals surface area contributed by atoms with Crippen LogP contribution >= 0.6 is 58.0 Å². The minimum atomic E-state index is -1.15. The lowest BCUT2D eigenvalue weighted by molar-refractivity contribution is 0.673. The summed E-state index contributed by atoms with van der Waals surface area (Å²) in [5.41, 5.74) is 1.67. The van der Waals surface area contributed by atoms with Gasteiger partial charge in [0.05, 0.1) is 5.38 Å². The Morgan fingerprint density at radius 2 is 1.59 bits per heavy atom. The zero-order chi connectivity index (χ0) is 12.7. The molecule has 0 aromatic heterocycles. The van der Waals surface area contributed by atoms with Gasteiger partial charge in [-0.1, -0.05) is 82.8 Å². The number of rotatable bonds is 1. The van der Waals surface area contributed by atoms with Crippen molar-refractivity contribution in [1.82, 2.24) is 0 Å². The molecule has 0 N–H and O–H groups in total. The number of benzene rings is 1. The highest BCUT2D eigenvalue weighted by molar-refractivity contribution is 6.59. The highest BCUT2D eigenvalue weighted by Gasteiger charge is 2.47. The maximum absolute atomic E-state index is 6.29. The van der Waals surface area contributed by atoms with Crippen LogP contribution in [0, 0.1) is 0 Å². The third-order valence-electron chi connectivity index (χ3n) is 2.65. The summed E-state index contributed by atoms with van der Waals surface area (Å²) >= 11 is 30.9. The van der Waals surface area contributed by atoms with Gasteiger partial charge in [-0.2, -0.15) is 0 Å². The van der Waals surface area contributed by atoms with Crippen molar-refractivity contribution in [3.63, 3.8) is 0 Å². The molecule has 1 unspecified atom stereocenters. The Morgan fingerprint density at radius 1 is 1.00 bits per heavy atom. The van der Waals surface area contributed by atoms with Crippen LogP contribution in [0.5, 0.6) is 0 Å². The van der Waals surface area contributed by atoms with Gasteiger partial charge in [0.2, 0.25) is 0 Å². The summed E-state index contributed by atoms with van der Waals surface area (Å²) in [6.45, 7) is 0. The number of allylic oxidation sites excluding steroid dienone is 2. The van der Waals surface area contributed by atoms with E-state index in [1.54, 1.807) is 6.08 Å². The van der Waals surface area contributed by atoms with Gasteiger partial charge in [-0.15, -0.1) is 11.6 Å². The second kappa shape index (κ2) is 4.83. The first kappa shape index (κ1) is 13.8. The third-order valence-corrected chi connectivity index (χ3v) is 4.79. The van der Waals surface area contributed by atoms with Crippen LogP contribution in [0.15, 0.2) is 36.4 Å². The zero-order valence-corrected chi connectivity index (χ0v) is 12.4. The van der Waals surface area contributed by atoms with Crippen molar-refractivity contribution in [1.29, 1.82) is 0 Å². The Hall–Kier alpha value is 0.410. The minimum Gasteiger partial charge on any atom is -0.115 e. The van der Waals surface area contributed by atoms with Crippen LogP contribution in [-0.4, -0.2) is 14.0 Å². The largest absolute Gasteiger partial charge is 0.146 e. The van der Waals surface area contributed by atoms with E-state index in [0.717, 1.165) is 11.1 Å². The van der Waals surface area contributed by atoms with E-state index in [1.165, 1.54) is 0 Å². The van der Waals surface area contributed by atoms with Gasteiger partial charge in [0.1, 0.15) is 8.67 Å². The average molecular weight is 330 g/mol. The lowest BCUT2D eigenvalue weighted by Crippen LogP contribution is -2.38. The molecule has 1 aliphatic rings. The van der Waals surface area contributed by atoms with Crippen molar-refractivity contribution in [2.75, 3.05) is 0 Å².